The highest BCUT2D eigenvalue weighted by atomic mass is 16.7. The van der Waals surface area contributed by atoms with Crippen LogP contribution in [0.4, 0.5) is 5.82 Å². The topological polar surface area (TPSA) is 64.1 Å². The molecule has 35 heavy (non-hydrogen) atoms. The Morgan fingerprint density at radius 1 is 1.09 bits per heavy atom. The summed E-state index contributed by atoms with van der Waals surface area (Å²) < 4.78 is 17.0. The van der Waals surface area contributed by atoms with E-state index >= 15 is 0 Å². The van der Waals surface area contributed by atoms with Crippen molar-refractivity contribution in [3.05, 3.63) is 59.2 Å². The van der Waals surface area contributed by atoms with E-state index in [0.29, 0.717) is 25.3 Å². The monoisotopic (exact) mass is 475 g/mol. The third kappa shape index (κ3) is 5.35. The Morgan fingerprint density at radius 3 is 2.57 bits per heavy atom. The van der Waals surface area contributed by atoms with E-state index in [1.807, 2.05) is 36.0 Å². The maximum Gasteiger partial charge on any atom is 0.231 e. The van der Waals surface area contributed by atoms with Crippen LogP contribution < -0.4 is 14.4 Å². The first-order chi connectivity index (χ1) is 17.0. The van der Waals surface area contributed by atoms with Gasteiger partial charge in [-0.25, -0.2) is 4.98 Å². The van der Waals surface area contributed by atoms with Crippen LogP contribution in [0.15, 0.2) is 42.5 Å². The Labute approximate surface area is 206 Å². The van der Waals surface area contributed by atoms with Crippen molar-refractivity contribution >= 4 is 22.6 Å². The number of pyridine rings is 1. The van der Waals surface area contributed by atoms with Crippen LogP contribution in [0.25, 0.3) is 10.9 Å². The summed E-state index contributed by atoms with van der Waals surface area (Å²) in [6.07, 6.45) is 3.31. The minimum absolute atomic E-state index is 0.0864. The third-order valence-electron chi connectivity index (χ3n) is 6.70. The van der Waals surface area contributed by atoms with Gasteiger partial charge in [0.25, 0.3) is 0 Å². The maximum absolute atomic E-state index is 13.5. The first-order valence-corrected chi connectivity index (χ1v) is 12.3. The van der Waals surface area contributed by atoms with Gasteiger partial charge in [-0.15, -0.1) is 0 Å². The van der Waals surface area contributed by atoms with Crippen molar-refractivity contribution in [2.45, 2.75) is 45.3 Å². The van der Waals surface area contributed by atoms with Gasteiger partial charge in [-0.1, -0.05) is 29.8 Å². The number of fused-ring (bicyclic) bond motifs is 2. The first-order valence-electron chi connectivity index (χ1n) is 12.3. The van der Waals surface area contributed by atoms with Crippen LogP contribution in [0.5, 0.6) is 11.5 Å². The van der Waals surface area contributed by atoms with Crippen LogP contribution >= 0.6 is 0 Å². The molecule has 1 atom stereocenters. The zero-order valence-electron chi connectivity index (χ0n) is 20.8. The molecule has 0 aliphatic carbocycles. The smallest absolute Gasteiger partial charge is 0.231 e. The number of carbonyl (C=O) groups excluding carboxylic acids is 1. The summed E-state index contributed by atoms with van der Waals surface area (Å²) in [5, 5.41) is 0.971. The zero-order valence-corrected chi connectivity index (χ0v) is 20.8. The molecule has 1 aromatic heterocycles. The van der Waals surface area contributed by atoms with E-state index in [-0.39, 0.29) is 18.8 Å². The molecular weight excluding hydrogens is 442 g/mol. The maximum atomic E-state index is 13.5. The summed E-state index contributed by atoms with van der Waals surface area (Å²) in [7, 11) is 3.96. The molecule has 0 saturated carbocycles. The van der Waals surface area contributed by atoms with E-state index in [4.69, 9.17) is 19.2 Å². The number of carbonyl (C=O) groups is 1. The molecule has 2 aromatic carbocycles. The molecule has 1 saturated heterocycles. The fourth-order valence-corrected chi connectivity index (χ4v) is 4.76. The van der Waals surface area contributed by atoms with Crippen molar-refractivity contribution in [2.75, 3.05) is 38.9 Å². The number of rotatable bonds is 8. The number of nitrogens with zero attached hydrogens (tertiary/aromatic N) is 3. The molecule has 184 valence electrons. The van der Waals surface area contributed by atoms with Gasteiger partial charge in [0.1, 0.15) is 5.82 Å². The quantitative estimate of drug-likeness (QED) is 0.479. The summed E-state index contributed by atoms with van der Waals surface area (Å²) in [5.74, 6) is 2.43. The van der Waals surface area contributed by atoms with Crippen LogP contribution in [0.1, 0.15) is 36.0 Å². The molecule has 0 N–H and O–H groups in total. The summed E-state index contributed by atoms with van der Waals surface area (Å²) in [5.41, 5.74) is 4.25. The van der Waals surface area contributed by atoms with Crippen molar-refractivity contribution in [1.82, 2.24) is 9.88 Å². The average Bonchev–Trinajstić information content (AvgIpc) is 3.52. The molecule has 0 radical (unpaired) electrons. The van der Waals surface area contributed by atoms with Crippen molar-refractivity contribution in [3.63, 3.8) is 0 Å². The van der Waals surface area contributed by atoms with Gasteiger partial charge in [0, 0.05) is 57.2 Å². The Kier molecular flexibility index (Phi) is 6.77. The second kappa shape index (κ2) is 10.1. The van der Waals surface area contributed by atoms with Gasteiger partial charge in [0.15, 0.2) is 11.5 Å². The van der Waals surface area contributed by atoms with Crippen LogP contribution in [0.3, 0.4) is 0 Å². The standard InChI is InChI=1S/C28H33N3O4/c1-19-6-8-20(9-7-19)10-11-27(32)31(17-23-5-4-12-33-23)16-22-13-21-14-25-26(35-18-34-25)15-24(21)29-28(22)30(2)3/h6-9,13-15,23H,4-5,10-12,16-18H2,1-3H3. The highest BCUT2D eigenvalue weighted by Gasteiger charge is 2.25. The van der Waals surface area contributed by atoms with E-state index in [0.717, 1.165) is 53.9 Å². The molecule has 0 bridgehead atoms. The molecule has 5 rings (SSSR count). The highest BCUT2D eigenvalue weighted by molar-refractivity contribution is 5.86. The van der Waals surface area contributed by atoms with Crippen molar-refractivity contribution in [3.8, 4) is 11.5 Å². The van der Waals surface area contributed by atoms with Gasteiger partial charge in [-0.2, -0.15) is 0 Å². The predicted octanol–water partition coefficient (Wildman–Crippen LogP) is 4.48. The molecule has 1 fully saturated rings. The molecule has 3 heterocycles. The highest BCUT2D eigenvalue weighted by Crippen LogP contribution is 2.37. The molecule has 7 heteroatoms. The second-order valence-electron chi connectivity index (χ2n) is 9.66. The largest absolute Gasteiger partial charge is 0.454 e. The number of aryl methyl sites for hydroxylation is 2. The number of hydrogen-bond donors (Lipinski definition) is 0. The van der Waals surface area contributed by atoms with Crippen LogP contribution in [0, 0.1) is 6.92 Å². The Morgan fingerprint density at radius 2 is 1.86 bits per heavy atom. The zero-order chi connectivity index (χ0) is 24.4. The molecule has 0 spiro atoms. The number of aromatic nitrogens is 1. The van der Waals surface area contributed by atoms with Gasteiger partial charge in [0.05, 0.1) is 11.6 Å². The lowest BCUT2D eigenvalue weighted by molar-refractivity contribution is -0.133. The van der Waals surface area contributed by atoms with Crippen LogP contribution in [-0.4, -0.2) is 55.9 Å². The third-order valence-corrected chi connectivity index (χ3v) is 6.70. The summed E-state index contributed by atoms with van der Waals surface area (Å²) >= 11 is 0. The lowest BCUT2D eigenvalue weighted by atomic mass is 10.1. The van der Waals surface area contributed by atoms with E-state index in [2.05, 4.69) is 37.3 Å². The normalized spacial score (nSPS) is 16.6. The van der Waals surface area contributed by atoms with Crippen LogP contribution in [-0.2, 0) is 22.5 Å². The minimum atomic E-state index is 0.0864. The van der Waals surface area contributed by atoms with Gasteiger partial charge >= 0.3 is 0 Å². The Hall–Kier alpha value is -3.32. The second-order valence-corrected chi connectivity index (χ2v) is 9.66. The summed E-state index contributed by atoms with van der Waals surface area (Å²) in [4.78, 5) is 22.3. The molecule has 2 aliphatic heterocycles. The minimum Gasteiger partial charge on any atom is -0.454 e. The van der Waals surface area contributed by atoms with Gasteiger partial charge in [-0.3, -0.25) is 4.79 Å². The fraction of sp³-hybridized carbons (Fsp3) is 0.429. The summed E-state index contributed by atoms with van der Waals surface area (Å²) in [6.45, 7) is 4.15. The molecule has 1 amide bonds. The number of benzene rings is 2. The fourth-order valence-electron chi connectivity index (χ4n) is 4.76. The van der Waals surface area contributed by atoms with Crippen molar-refractivity contribution in [2.24, 2.45) is 0 Å². The van der Waals surface area contributed by atoms with Crippen molar-refractivity contribution < 1.29 is 19.0 Å². The van der Waals surface area contributed by atoms with Crippen LogP contribution in [0.2, 0.25) is 0 Å². The van der Waals surface area contributed by atoms with Gasteiger partial charge in [-0.05, 0) is 43.9 Å². The SMILES string of the molecule is Cc1ccc(CCC(=O)N(Cc2cc3cc4c(cc3nc2N(C)C)OCO4)CC2CCCO2)cc1. The molecule has 1 unspecified atom stereocenters. The molecule has 3 aromatic rings. The average molecular weight is 476 g/mol. The van der Waals surface area contributed by atoms with Gasteiger partial charge in [0.2, 0.25) is 12.7 Å². The number of ether oxygens (including phenoxy) is 3. The van der Waals surface area contributed by atoms with Crippen molar-refractivity contribution in [1.29, 1.82) is 0 Å². The number of hydrogen-bond acceptors (Lipinski definition) is 6. The predicted molar refractivity (Wildman–Crippen MR) is 136 cm³/mol. The summed E-state index contributed by atoms with van der Waals surface area (Å²) in [6, 6.07) is 14.4. The lowest BCUT2D eigenvalue weighted by Gasteiger charge is -2.28. The number of amides is 1. The lowest BCUT2D eigenvalue weighted by Crippen LogP contribution is -2.37. The van der Waals surface area contributed by atoms with E-state index in [1.165, 1.54) is 11.1 Å². The Bertz CT molecular complexity index is 1200. The molecule has 2 aliphatic rings. The molecular formula is C28H33N3O4. The Balaban J connectivity index is 1.41. The van der Waals surface area contributed by atoms with Gasteiger partial charge < -0.3 is 24.0 Å². The number of anilines is 1. The van der Waals surface area contributed by atoms with E-state index in [1.54, 1.807) is 0 Å². The van der Waals surface area contributed by atoms with E-state index in [9.17, 15) is 4.79 Å². The first kappa shape index (κ1) is 23.4. The van der Waals surface area contributed by atoms with E-state index < -0.39 is 0 Å². The molecule has 7 nitrogen and oxygen atoms in total.